The largest absolute Gasteiger partial charge is 0.371 e. The zero-order valence-electron chi connectivity index (χ0n) is 10.8. The zero-order chi connectivity index (χ0) is 11.9. The number of anilines is 1. The number of pyridine rings is 1. The Morgan fingerprint density at radius 1 is 1.24 bits per heavy atom. The third-order valence-electron chi connectivity index (χ3n) is 4.20. The molecule has 1 aromatic heterocycles. The van der Waals surface area contributed by atoms with Crippen molar-refractivity contribution >= 4 is 5.69 Å². The molecule has 2 fully saturated rings. The summed E-state index contributed by atoms with van der Waals surface area (Å²) in [6, 6.07) is 4.43. The number of nitrogens with one attached hydrogen (secondary N) is 1. The van der Waals surface area contributed by atoms with Crippen molar-refractivity contribution in [1.29, 1.82) is 0 Å². The van der Waals surface area contributed by atoms with Gasteiger partial charge >= 0.3 is 0 Å². The maximum absolute atomic E-state index is 4.46. The Bertz CT molecular complexity index is 401. The van der Waals surface area contributed by atoms with Gasteiger partial charge in [0.1, 0.15) is 0 Å². The van der Waals surface area contributed by atoms with E-state index < -0.39 is 0 Å². The van der Waals surface area contributed by atoms with Crippen LogP contribution in [0, 0.1) is 19.3 Å². The van der Waals surface area contributed by atoms with Crippen molar-refractivity contribution in [3.63, 3.8) is 0 Å². The van der Waals surface area contributed by atoms with Gasteiger partial charge in [0.2, 0.25) is 0 Å². The van der Waals surface area contributed by atoms with Crippen LogP contribution in [-0.2, 0) is 0 Å². The highest BCUT2D eigenvalue weighted by molar-refractivity contribution is 5.49. The first-order valence-corrected chi connectivity index (χ1v) is 6.58. The molecular formula is C14H21N3. The number of hydrogen-bond acceptors (Lipinski definition) is 3. The molecule has 0 bridgehead atoms. The molecule has 17 heavy (non-hydrogen) atoms. The number of aryl methyl sites for hydroxylation is 2. The van der Waals surface area contributed by atoms with E-state index in [1.165, 1.54) is 44.7 Å². The van der Waals surface area contributed by atoms with E-state index in [0.29, 0.717) is 5.41 Å². The van der Waals surface area contributed by atoms with Crippen molar-refractivity contribution in [3.8, 4) is 0 Å². The summed E-state index contributed by atoms with van der Waals surface area (Å²) in [7, 11) is 0. The average Bonchev–Trinajstić information content (AvgIpc) is 2.88. The highest BCUT2D eigenvalue weighted by Gasteiger charge is 2.40. The van der Waals surface area contributed by atoms with Gasteiger partial charge in [-0.2, -0.15) is 0 Å². The van der Waals surface area contributed by atoms with Crippen LogP contribution in [0.25, 0.3) is 0 Å². The minimum absolute atomic E-state index is 0.547. The summed E-state index contributed by atoms with van der Waals surface area (Å²) in [6.07, 6.45) is 2.67. The maximum Gasteiger partial charge on any atom is 0.0402 e. The van der Waals surface area contributed by atoms with Crippen molar-refractivity contribution in [3.05, 3.63) is 23.5 Å². The molecule has 2 saturated heterocycles. The van der Waals surface area contributed by atoms with Gasteiger partial charge in [-0.15, -0.1) is 0 Å². The second-order valence-corrected chi connectivity index (χ2v) is 5.71. The molecule has 3 heterocycles. The Morgan fingerprint density at radius 2 is 2.00 bits per heavy atom. The lowest BCUT2D eigenvalue weighted by Gasteiger charge is -2.24. The summed E-state index contributed by atoms with van der Waals surface area (Å²) in [4.78, 5) is 6.99. The Hall–Kier alpha value is -1.09. The third kappa shape index (κ3) is 2.04. The Morgan fingerprint density at radius 3 is 2.65 bits per heavy atom. The van der Waals surface area contributed by atoms with E-state index in [-0.39, 0.29) is 0 Å². The van der Waals surface area contributed by atoms with Gasteiger partial charge in [0.15, 0.2) is 0 Å². The molecule has 1 spiro atoms. The molecule has 1 unspecified atom stereocenters. The minimum Gasteiger partial charge on any atom is -0.371 e. The lowest BCUT2D eigenvalue weighted by molar-refractivity contribution is 0.369. The molecule has 92 valence electrons. The first-order chi connectivity index (χ1) is 8.17. The molecule has 0 radical (unpaired) electrons. The second-order valence-electron chi connectivity index (χ2n) is 5.71. The first-order valence-electron chi connectivity index (χ1n) is 6.58. The highest BCUT2D eigenvalue weighted by atomic mass is 15.2. The zero-order valence-corrected chi connectivity index (χ0v) is 10.8. The summed E-state index contributed by atoms with van der Waals surface area (Å²) in [5, 5.41) is 3.51. The average molecular weight is 231 g/mol. The van der Waals surface area contributed by atoms with E-state index in [1.54, 1.807) is 0 Å². The molecule has 0 saturated carbocycles. The Kier molecular flexibility index (Phi) is 2.58. The van der Waals surface area contributed by atoms with Crippen LogP contribution < -0.4 is 10.2 Å². The molecule has 0 aromatic carbocycles. The van der Waals surface area contributed by atoms with Crippen molar-refractivity contribution in [2.45, 2.75) is 26.7 Å². The molecule has 0 aliphatic carbocycles. The van der Waals surface area contributed by atoms with Gasteiger partial charge < -0.3 is 10.2 Å². The van der Waals surface area contributed by atoms with E-state index in [0.717, 1.165) is 11.4 Å². The molecule has 3 heteroatoms. The fourth-order valence-corrected chi connectivity index (χ4v) is 3.29. The summed E-state index contributed by atoms with van der Waals surface area (Å²) < 4.78 is 0. The predicted molar refractivity (Wildman–Crippen MR) is 70.5 cm³/mol. The fourth-order valence-electron chi connectivity index (χ4n) is 3.29. The van der Waals surface area contributed by atoms with Crippen LogP contribution in [0.3, 0.4) is 0 Å². The Balaban J connectivity index is 1.81. The number of rotatable bonds is 1. The normalized spacial score (nSPS) is 28.2. The van der Waals surface area contributed by atoms with Gasteiger partial charge in [-0.3, -0.25) is 4.98 Å². The lowest BCUT2D eigenvalue weighted by atomic mass is 9.86. The van der Waals surface area contributed by atoms with Crippen molar-refractivity contribution < 1.29 is 0 Å². The van der Waals surface area contributed by atoms with E-state index in [1.807, 2.05) is 0 Å². The maximum atomic E-state index is 4.46. The summed E-state index contributed by atoms with van der Waals surface area (Å²) in [6.45, 7) is 8.97. The van der Waals surface area contributed by atoms with E-state index in [2.05, 4.69) is 41.2 Å². The minimum atomic E-state index is 0.547. The van der Waals surface area contributed by atoms with Crippen molar-refractivity contribution in [2.75, 3.05) is 31.1 Å². The summed E-state index contributed by atoms with van der Waals surface area (Å²) >= 11 is 0. The number of aromatic nitrogens is 1. The Labute approximate surface area is 103 Å². The van der Waals surface area contributed by atoms with Gasteiger partial charge in [0.05, 0.1) is 0 Å². The molecule has 3 nitrogen and oxygen atoms in total. The van der Waals surface area contributed by atoms with Crippen LogP contribution in [0.15, 0.2) is 12.1 Å². The first kappa shape index (κ1) is 11.0. The van der Waals surface area contributed by atoms with E-state index in [9.17, 15) is 0 Å². The van der Waals surface area contributed by atoms with Crippen LogP contribution in [0.4, 0.5) is 5.69 Å². The topological polar surface area (TPSA) is 28.2 Å². The van der Waals surface area contributed by atoms with Crippen molar-refractivity contribution in [1.82, 2.24) is 10.3 Å². The second kappa shape index (κ2) is 3.98. The van der Waals surface area contributed by atoms with Gasteiger partial charge in [-0.1, -0.05) is 0 Å². The van der Waals surface area contributed by atoms with E-state index >= 15 is 0 Å². The monoisotopic (exact) mass is 231 g/mol. The van der Waals surface area contributed by atoms with Gasteiger partial charge in [0.25, 0.3) is 0 Å². The van der Waals surface area contributed by atoms with Crippen LogP contribution in [0.2, 0.25) is 0 Å². The highest BCUT2D eigenvalue weighted by Crippen LogP contribution is 2.38. The molecule has 1 N–H and O–H groups in total. The van der Waals surface area contributed by atoms with Gasteiger partial charge in [0, 0.05) is 42.1 Å². The van der Waals surface area contributed by atoms with Gasteiger partial charge in [-0.05, 0) is 45.4 Å². The quantitative estimate of drug-likeness (QED) is 0.800. The molecule has 2 aliphatic heterocycles. The van der Waals surface area contributed by atoms with Gasteiger partial charge in [-0.25, -0.2) is 0 Å². The number of nitrogens with zero attached hydrogens (tertiary/aromatic N) is 2. The molecule has 1 atom stereocenters. The van der Waals surface area contributed by atoms with Crippen LogP contribution in [0.1, 0.15) is 24.2 Å². The molecule has 0 amide bonds. The standard InChI is InChI=1S/C14H21N3/c1-11-7-13(8-12(2)16-11)17-6-4-14(10-17)3-5-15-9-14/h7-8,15H,3-6,9-10H2,1-2H3. The summed E-state index contributed by atoms with van der Waals surface area (Å²) in [5.41, 5.74) is 4.17. The van der Waals surface area contributed by atoms with Crippen LogP contribution in [0.5, 0.6) is 0 Å². The smallest absolute Gasteiger partial charge is 0.0402 e. The number of hydrogen-bond donors (Lipinski definition) is 1. The van der Waals surface area contributed by atoms with Crippen molar-refractivity contribution in [2.24, 2.45) is 5.41 Å². The SMILES string of the molecule is Cc1cc(N2CCC3(CCNC3)C2)cc(C)n1. The molecular weight excluding hydrogens is 210 g/mol. The van der Waals surface area contributed by atoms with Crippen LogP contribution >= 0.6 is 0 Å². The van der Waals surface area contributed by atoms with Crippen LogP contribution in [-0.4, -0.2) is 31.2 Å². The molecule has 3 rings (SSSR count). The lowest BCUT2D eigenvalue weighted by Crippen LogP contribution is -2.29. The third-order valence-corrected chi connectivity index (χ3v) is 4.20. The molecule has 2 aliphatic rings. The van der Waals surface area contributed by atoms with E-state index in [4.69, 9.17) is 0 Å². The predicted octanol–water partition coefficient (Wildman–Crippen LogP) is 1.89. The summed E-state index contributed by atoms with van der Waals surface area (Å²) in [5.74, 6) is 0. The fraction of sp³-hybridized carbons (Fsp3) is 0.643. The molecule has 1 aromatic rings.